The van der Waals surface area contributed by atoms with Gasteiger partial charge in [0.25, 0.3) is 11.8 Å². The highest BCUT2D eigenvalue weighted by atomic mass is 127. The number of amides is 4. The lowest BCUT2D eigenvalue weighted by Gasteiger charge is -2.57. The molecule has 4 amide bonds. The van der Waals surface area contributed by atoms with Gasteiger partial charge in [0.15, 0.2) is 11.5 Å². The first-order valence-electron chi connectivity index (χ1n) is 15.5. The van der Waals surface area contributed by atoms with E-state index in [0.29, 0.717) is 36.0 Å². The normalized spacial score (nSPS) is 26.7. The number of nitrogens with zero attached hydrogens (tertiary/aromatic N) is 1. The Hall–Kier alpha value is -3.66. The fraction of sp³-hybridized carbons (Fsp3) is 0.361. The van der Waals surface area contributed by atoms with E-state index in [1.807, 2.05) is 43.3 Å². The number of barbiturate groups is 1. The quantitative estimate of drug-likeness (QED) is 0.150. The van der Waals surface area contributed by atoms with Gasteiger partial charge < -0.3 is 9.47 Å². The van der Waals surface area contributed by atoms with Gasteiger partial charge in [-0.25, -0.2) is 9.69 Å². The zero-order valence-electron chi connectivity index (χ0n) is 24.7. The summed E-state index contributed by atoms with van der Waals surface area (Å²) >= 11 is 2.26. The van der Waals surface area contributed by atoms with Crippen LogP contribution in [0.5, 0.6) is 11.5 Å². The second-order valence-electron chi connectivity index (χ2n) is 12.8. The number of urea groups is 1. The van der Waals surface area contributed by atoms with E-state index >= 15 is 0 Å². The molecule has 5 aliphatic rings. The Morgan fingerprint density at radius 2 is 1.52 bits per heavy atom. The molecule has 5 fully saturated rings. The number of halogens is 1. The average molecular weight is 703 g/mol. The van der Waals surface area contributed by atoms with Crippen molar-refractivity contribution in [3.05, 3.63) is 92.6 Å². The van der Waals surface area contributed by atoms with Crippen LogP contribution in [-0.2, 0) is 21.6 Å². The van der Waals surface area contributed by atoms with Crippen LogP contribution >= 0.6 is 22.6 Å². The molecule has 4 saturated carbocycles. The Morgan fingerprint density at radius 3 is 2.16 bits per heavy atom. The second kappa shape index (κ2) is 11.7. The Labute approximate surface area is 271 Å². The molecule has 226 valence electrons. The molecule has 4 bridgehead atoms. The molecule has 0 radical (unpaired) electrons. The number of rotatable bonds is 8. The molecule has 8 heteroatoms. The SMILES string of the molecule is CCOc1cc(/C=C2\C(=O)NC(=O)N(c3ccc(C45CC6CC(CC(C6)C4)C5)cc3)C2=O)ccc1OCc1ccc(I)cc1. The minimum Gasteiger partial charge on any atom is -0.490 e. The van der Waals surface area contributed by atoms with E-state index in [9.17, 15) is 14.4 Å². The summed E-state index contributed by atoms with van der Waals surface area (Å²) in [5.41, 5.74) is 3.47. The van der Waals surface area contributed by atoms with Gasteiger partial charge >= 0.3 is 6.03 Å². The summed E-state index contributed by atoms with van der Waals surface area (Å²) in [5.74, 6) is 2.16. The lowest BCUT2D eigenvalue weighted by Crippen LogP contribution is -2.54. The molecular weight excluding hydrogens is 667 g/mol. The van der Waals surface area contributed by atoms with Crippen LogP contribution in [0.1, 0.15) is 62.1 Å². The van der Waals surface area contributed by atoms with Crippen LogP contribution in [0.4, 0.5) is 10.5 Å². The molecule has 8 rings (SSSR count). The van der Waals surface area contributed by atoms with Gasteiger partial charge in [0.2, 0.25) is 0 Å². The topological polar surface area (TPSA) is 84.9 Å². The van der Waals surface area contributed by atoms with E-state index < -0.39 is 17.8 Å². The number of hydrogen-bond donors (Lipinski definition) is 1. The van der Waals surface area contributed by atoms with Gasteiger partial charge in [-0.1, -0.05) is 30.3 Å². The van der Waals surface area contributed by atoms with E-state index in [1.165, 1.54) is 50.2 Å². The van der Waals surface area contributed by atoms with Gasteiger partial charge in [-0.15, -0.1) is 0 Å². The zero-order valence-corrected chi connectivity index (χ0v) is 26.8. The van der Waals surface area contributed by atoms with E-state index in [0.717, 1.165) is 31.8 Å². The summed E-state index contributed by atoms with van der Waals surface area (Å²) < 4.78 is 13.0. The maximum Gasteiger partial charge on any atom is 0.335 e. The molecule has 4 aliphatic carbocycles. The third kappa shape index (κ3) is 5.53. The van der Waals surface area contributed by atoms with E-state index in [1.54, 1.807) is 18.2 Å². The predicted octanol–water partition coefficient (Wildman–Crippen LogP) is 7.40. The molecule has 3 aromatic rings. The molecular formula is C36H35IN2O5. The number of carbonyl (C=O) groups excluding carboxylic acids is 3. The van der Waals surface area contributed by atoms with Crippen molar-refractivity contribution in [3.63, 3.8) is 0 Å². The highest BCUT2D eigenvalue weighted by Crippen LogP contribution is 2.60. The highest BCUT2D eigenvalue weighted by molar-refractivity contribution is 14.1. The van der Waals surface area contributed by atoms with Crippen LogP contribution in [0.25, 0.3) is 6.08 Å². The van der Waals surface area contributed by atoms with Crippen molar-refractivity contribution in [1.82, 2.24) is 5.32 Å². The van der Waals surface area contributed by atoms with Gasteiger partial charge in [-0.3, -0.25) is 14.9 Å². The fourth-order valence-corrected chi connectivity index (χ4v) is 8.59. The molecule has 1 heterocycles. The van der Waals surface area contributed by atoms with Crippen molar-refractivity contribution >= 4 is 52.2 Å². The first kappa shape index (κ1) is 29.1. The van der Waals surface area contributed by atoms with Gasteiger partial charge in [-0.2, -0.15) is 0 Å². The maximum atomic E-state index is 13.6. The van der Waals surface area contributed by atoms with Crippen molar-refractivity contribution in [2.75, 3.05) is 11.5 Å². The van der Waals surface area contributed by atoms with Crippen LogP contribution in [0.15, 0.2) is 72.3 Å². The monoisotopic (exact) mass is 702 g/mol. The molecule has 3 aromatic carbocycles. The standard InChI is InChI=1S/C36H35IN2O5/c1-2-43-32-17-23(5-12-31(32)44-21-22-3-8-28(37)9-4-22)16-30-33(40)38-35(42)39(34(30)41)29-10-6-27(7-11-29)36-18-24-13-25(19-36)15-26(14-24)20-36/h3-12,16-17,24-26H,2,13-15,18-21H2,1H3,(H,38,40,42)/b30-16+. The molecule has 0 spiro atoms. The van der Waals surface area contributed by atoms with Gasteiger partial charge in [0, 0.05) is 3.57 Å². The number of imide groups is 2. The molecule has 7 nitrogen and oxygen atoms in total. The molecule has 1 saturated heterocycles. The third-order valence-electron chi connectivity index (χ3n) is 9.76. The summed E-state index contributed by atoms with van der Waals surface area (Å²) in [6.07, 6.45) is 9.33. The molecule has 0 aromatic heterocycles. The molecule has 44 heavy (non-hydrogen) atoms. The van der Waals surface area contributed by atoms with Crippen molar-refractivity contribution in [2.24, 2.45) is 17.8 Å². The summed E-state index contributed by atoms with van der Waals surface area (Å²) in [7, 11) is 0. The predicted molar refractivity (Wildman–Crippen MR) is 176 cm³/mol. The minimum atomic E-state index is -0.742. The second-order valence-corrected chi connectivity index (χ2v) is 14.0. The van der Waals surface area contributed by atoms with Gasteiger partial charge in [-0.05, 0) is 150 Å². The minimum absolute atomic E-state index is 0.121. The van der Waals surface area contributed by atoms with E-state index in [4.69, 9.17) is 9.47 Å². The Kier molecular flexibility index (Phi) is 7.72. The summed E-state index contributed by atoms with van der Waals surface area (Å²) in [5, 5.41) is 2.35. The van der Waals surface area contributed by atoms with Gasteiger partial charge in [0.05, 0.1) is 12.3 Å². The van der Waals surface area contributed by atoms with Crippen molar-refractivity contribution in [1.29, 1.82) is 0 Å². The Bertz CT molecular complexity index is 1610. The first-order valence-corrected chi connectivity index (χ1v) is 16.5. The Morgan fingerprint density at radius 1 is 0.864 bits per heavy atom. The van der Waals surface area contributed by atoms with Crippen molar-refractivity contribution < 1.29 is 23.9 Å². The first-order chi connectivity index (χ1) is 21.3. The number of anilines is 1. The lowest BCUT2D eigenvalue weighted by atomic mass is 9.48. The summed E-state index contributed by atoms with van der Waals surface area (Å²) in [6.45, 7) is 2.67. The smallest absolute Gasteiger partial charge is 0.335 e. The van der Waals surface area contributed by atoms with Crippen LogP contribution in [0.3, 0.4) is 0 Å². The lowest BCUT2D eigenvalue weighted by molar-refractivity contribution is -0.122. The third-order valence-corrected chi connectivity index (χ3v) is 10.5. The summed E-state index contributed by atoms with van der Waals surface area (Å²) in [6, 6.07) is 20.5. The molecule has 0 atom stereocenters. The maximum absolute atomic E-state index is 13.6. The molecule has 1 aliphatic heterocycles. The van der Waals surface area contributed by atoms with E-state index in [2.05, 4.69) is 40.0 Å². The zero-order chi connectivity index (χ0) is 30.4. The Balaban J connectivity index is 1.11. The summed E-state index contributed by atoms with van der Waals surface area (Å²) in [4.78, 5) is 40.5. The highest BCUT2D eigenvalue weighted by Gasteiger charge is 2.51. The number of ether oxygens (including phenoxy) is 2. The average Bonchev–Trinajstić information content (AvgIpc) is 2.99. The largest absolute Gasteiger partial charge is 0.490 e. The van der Waals surface area contributed by atoms with E-state index in [-0.39, 0.29) is 11.0 Å². The molecule has 0 unspecified atom stereocenters. The number of benzene rings is 3. The van der Waals surface area contributed by atoms with Crippen LogP contribution < -0.4 is 19.7 Å². The van der Waals surface area contributed by atoms with Crippen LogP contribution in [0, 0.1) is 21.3 Å². The van der Waals surface area contributed by atoms with Crippen molar-refractivity contribution in [3.8, 4) is 11.5 Å². The number of nitrogens with one attached hydrogen (secondary N) is 1. The van der Waals surface area contributed by atoms with Gasteiger partial charge in [0.1, 0.15) is 12.2 Å². The number of hydrogen-bond acceptors (Lipinski definition) is 5. The van der Waals surface area contributed by atoms with Crippen LogP contribution in [0.2, 0.25) is 0 Å². The van der Waals surface area contributed by atoms with Crippen LogP contribution in [-0.4, -0.2) is 24.5 Å². The number of carbonyl (C=O) groups is 3. The van der Waals surface area contributed by atoms with Crippen molar-refractivity contribution in [2.45, 2.75) is 57.5 Å². The fourth-order valence-electron chi connectivity index (χ4n) is 8.23. The molecule has 1 N–H and O–H groups in total.